The lowest BCUT2D eigenvalue weighted by Crippen LogP contribution is -3.00. The zero-order chi connectivity index (χ0) is 7.40. The van der Waals surface area contributed by atoms with Gasteiger partial charge in [0.1, 0.15) is 18.9 Å². The summed E-state index contributed by atoms with van der Waals surface area (Å²) in [7, 11) is 0. The Morgan fingerprint density at radius 1 is 1.54 bits per heavy atom. The van der Waals surface area contributed by atoms with E-state index in [2.05, 4.69) is 35.2 Å². The molecule has 1 rings (SSSR count). The van der Waals surface area contributed by atoms with Crippen molar-refractivity contribution in [2.75, 3.05) is 0 Å². The van der Waals surface area contributed by atoms with Gasteiger partial charge >= 0.3 is 0 Å². The average Bonchev–Trinajstić information content (AvgIpc) is 2.37. The molecule has 1 heterocycles. The van der Waals surface area contributed by atoms with Crippen LogP contribution in [0.3, 0.4) is 0 Å². The molecular formula is C8H17AlCl2N2. The van der Waals surface area contributed by atoms with E-state index in [9.17, 15) is 0 Å². The Balaban J connectivity index is -0.000000333. The Labute approximate surface area is 103 Å². The Morgan fingerprint density at radius 3 is 2.54 bits per heavy atom. The maximum Gasteiger partial charge on any atom is 0.244 e. The largest absolute Gasteiger partial charge is 1.00 e. The van der Waals surface area contributed by atoms with Gasteiger partial charge in [0, 0.05) is 0 Å². The summed E-state index contributed by atoms with van der Waals surface area (Å²) >= 11 is 0. The SMILES string of the molecule is C=CCn1cc[n+](CC)c1.Cl.[AlH3].[Cl-]. The predicted molar refractivity (Wildman–Crippen MR) is 57.7 cm³/mol. The third kappa shape index (κ3) is 6.18. The van der Waals surface area contributed by atoms with Gasteiger partial charge in [-0.1, -0.05) is 12.7 Å². The van der Waals surface area contributed by atoms with Crippen LogP contribution in [0.25, 0.3) is 0 Å². The zero-order valence-electron chi connectivity index (χ0n) is 7.11. The van der Waals surface area contributed by atoms with E-state index >= 15 is 0 Å². The first-order chi connectivity index (χ1) is 4.86. The Hall–Kier alpha value is 0.0625. The first-order valence-electron chi connectivity index (χ1n) is 3.52. The molecule has 1 aromatic heterocycles. The molecule has 0 saturated heterocycles. The van der Waals surface area contributed by atoms with Crippen molar-refractivity contribution in [2.45, 2.75) is 20.0 Å². The number of hydrogen-bond donors (Lipinski definition) is 0. The molecule has 0 atom stereocenters. The van der Waals surface area contributed by atoms with E-state index in [0.717, 1.165) is 13.1 Å². The van der Waals surface area contributed by atoms with Crippen LogP contribution < -0.4 is 17.0 Å². The highest BCUT2D eigenvalue weighted by Crippen LogP contribution is 1.83. The molecule has 0 N–H and O–H groups in total. The standard InChI is InChI=1S/C8H13N2.Al.2ClH.3H/c1-3-5-10-7-6-9(4-2)8-10;;;;;;/h3,6-8H,1,4-5H2,2H3;;2*1H;;;/q+1;;;;;;/p-1. The fourth-order valence-corrected chi connectivity index (χ4v) is 0.883. The number of allylic oxidation sites excluding steroid dienone is 1. The van der Waals surface area contributed by atoms with Crippen molar-refractivity contribution in [3.05, 3.63) is 31.4 Å². The maximum atomic E-state index is 3.66. The molecule has 0 radical (unpaired) electrons. The Bertz CT molecular complexity index is 226. The van der Waals surface area contributed by atoms with Gasteiger partial charge in [-0.25, -0.2) is 9.13 Å². The Kier molecular flexibility index (Phi) is 14.6. The van der Waals surface area contributed by atoms with Gasteiger partial charge in [0.25, 0.3) is 0 Å². The van der Waals surface area contributed by atoms with Crippen LogP contribution in [0, 0.1) is 0 Å². The minimum atomic E-state index is 0. The van der Waals surface area contributed by atoms with Gasteiger partial charge < -0.3 is 12.4 Å². The van der Waals surface area contributed by atoms with Gasteiger partial charge in [-0.3, -0.25) is 0 Å². The quantitative estimate of drug-likeness (QED) is 0.306. The summed E-state index contributed by atoms with van der Waals surface area (Å²) in [6.45, 7) is 7.71. The molecule has 13 heavy (non-hydrogen) atoms. The van der Waals surface area contributed by atoms with Crippen molar-refractivity contribution >= 4 is 29.8 Å². The molecule has 0 unspecified atom stereocenters. The second kappa shape index (κ2) is 10.1. The van der Waals surface area contributed by atoms with E-state index < -0.39 is 0 Å². The topological polar surface area (TPSA) is 8.81 Å². The summed E-state index contributed by atoms with van der Waals surface area (Å²) in [4.78, 5) is 0. The predicted octanol–water partition coefficient (Wildman–Crippen LogP) is -2.78. The fraction of sp³-hybridized carbons (Fsp3) is 0.375. The van der Waals surface area contributed by atoms with Gasteiger partial charge in [-0.2, -0.15) is 0 Å². The molecule has 0 aliphatic heterocycles. The second-order valence-corrected chi connectivity index (χ2v) is 2.23. The number of imidazole rings is 1. The molecule has 1 aromatic rings. The van der Waals surface area contributed by atoms with Crippen LogP contribution >= 0.6 is 12.4 Å². The third-order valence-electron chi connectivity index (χ3n) is 1.45. The van der Waals surface area contributed by atoms with E-state index in [0.29, 0.717) is 0 Å². The average molecular weight is 239 g/mol. The molecular weight excluding hydrogens is 222 g/mol. The molecule has 76 valence electrons. The number of rotatable bonds is 3. The smallest absolute Gasteiger partial charge is 0.244 e. The fourth-order valence-electron chi connectivity index (χ4n) is 0.883. The summed E-state index contributed by atoms with van der Waals surface area (Å²) in [6.07, 6.45) is 8.07. The lowest BCUT2D eigenvalue weighted by molar-refractivity contribution is -0.693. The van der Waals surface area contributed by atoms with Crippen molar-refractivity contribution in [1.82, 2.24) is 4.57 Å². The van der Waals surface area contributed by atoms with Crippen LogP contribution in [0.1, 0.15) is 6.92 Å². The third-order valence-corrected chi connectivity index (χ3v) is 1.45. The van der Waals surface area contributed by atoms with E-state index in [1.807, 2.05) is 12.3 Å². The molecule has 5 heteroatoms. The molecule has 0 fully saturated rings. The summed E-state index contributed by atoms with van der Waals surface area (Å²) in [5, 5.41) is 0. The van der Waals surface area contributed by atoms with E-state index in [1.54, 1.807) is 0 Å². The summed E-state index contributed by atoms with van der Waals surface area (Å²) in [5.41, 5.74) is 0. The van der Waals surface area contributed by atoms with E-state index in [1.165, 1.54) is 0 Å². The molecule has 0 amide bonds. The van der Waals surface area contributed by atoms with E-state index in [-0.39, 0.29) is 42.2 Å². The molecule has 0 saturated carbocycles. The number of halogens is 2. The summed E-state index contributed by atoms with van der Waals surface area (Å²) < 4.78 is 4.22. The first-order valence-corrected chi connectivity index (χ1v) is 3.52. The normalized spacial score (nSPS) is 7.46. The van der Waals surface area contributed by atoms with Gasteiger partial charge in [0.15, 0.2) is 17.4 Å². The van der Waals surface area contributed by atoms with Gasteiger partial charge in [-0.15, -0.1) is 12.4 Å². The zero-order valence-corrected chi connectivity index (χ0v) is 8.68. The van der Waals surface area contributed by atoms with Crippen molar-refractivity contribution in [1.29, 1.82) is 0 Å². The summed E-state index contributed by atoms with van der Waals surface area (Å²) in [6, 6.07) is 0. The highest BCUT2D eigenvalue weighted by atomic mass is 35.5. The highest BCUT2D eigenvalue weighted by Gasteiger charge is 1.96. The van der Waals surface area contributed by atoms with Gasteiger partial charge in [-0.05, 0) is 6.92 Å². The lowest BCUT2D eigenvalue weighted by atomic mass is 10.6. The molecule has 0 spiro atoms. The number of aromatic nitrogens is 2. The molecule has 0 bridgehead atoms. The van der Waals surface area contributed by atoms with Gasteiger partial charge in [0.2, 0.25) is 6.33 Å². The van der Waals surface area contributed by atoms with E-state index in [4.69, 9.17) is 0 Å². The van der Waals surface area contributed by atoms with Crippen LogP contribution in [-0.4, -0.2) is 21.9 Å². The minimum absolute atomic E-state index is 0. The lowest BCUT2D eigenvalue weighted by Gasteiger charge is -1.85. The van der Waals surface area contributed by atoms with Crippen LogP contribution in [0.2, 0.25) is 0 Å². The maximum absolute atomic E-state index is 3.66. The van der Waals surface area contributed by atoms with Crippen molar-refractivity contribution in [2.24, 2.45) is 0 Å². The van der Waals surface area contributed by atoms with Crippen molar-refractivity contribution in [3.63, 3.8) is 0 Å². The summed E-state index contributed by atoms with van der Waals surface area (Å²) in [5.74, 6) is 0. The molecule has 0 aromatic carbocycles. The van der Waals surface area contributed by atoms with Crippen LogP contribution in [0.15, 0.2) is 31.4 Å². The monoisotopic (exact) mass is 238 g/mol. The van der Waals surface area contributed by atoms with Crippen LogP contribution in [0.4, 0.5) is 0 Å². The molecule has 0 aliphatic rings. The van der Waals surface area contributed by atoms with Crippen LogP contribution in [-0.2, 0) is 13.1 Å². The first kappa shape index (κ1) is 18.8. The van der Waals surface area contributed by atoms with Crippen LogP contribution in [0.5, 0.6) is 0 Å². The number of hydrogen-bond acceptors (Lipinski definition) is 0. The van der Waals surface area contributed by atoms with Crippen molar-refractivity contribution < 1.29 is 17.0 Å². The van der Waals surface area contributed by atoms with Crippen molar-refractivity contribution in [3.8, 4) is 0 Å². The second-order valence-electron chi connectivity index (χ2n) is 2.23. The molecule has 2 nitrogen and oxygen atoms in total. The minimum Gasteiger partial charge on any atom is -1.00 e. The molecule has 0 aliphatic carbocycles. The number of nitrogens with zero attached hydrogens (tertiary/aromatic N) is 2. The van der Waals surface area contributed by atoms with Gasteiger partial charge in [0.05, 0.1) is 6.54 Å². The number of aryl methyl sites for hydroxylation is 1. The highest BCUT2D eigenvalue weighted by molar-refractivity contribution is 5.85. The Morgan fingerprint density at radius 2 is 2.15 bits per heavy atom.